The summed E-state index contributed by atoms with van der Waals surface area (Å²) in [5, 5.41) is 0. The molecule has 0 aliphatic carbocycles. The Balaban J connectivity index is 2.14. The standard InChI is InChI=1S/C16H25FN2/c1-3-16(13-5-4-6-15(17)9-13)19-8-7-12(2)14(10-18)11-19/h4-6,9,12,14,16H,3,7-8,10-11,18H2,1-2H3. The molecule has 0 radical (unpaired) electrons. The summed E-state index contributed by atoms with van der Waals surface area (Å²) in [6.45, 7) is 7.33. The van der Waals surface area contributed by atoms with Crippen molar-refractivity contribution < 1.29 is 4.39 Å². The predicted octanol–water partition coefficient (Wildman–Crippen LogP) is 3.19. The Morgan fingerprint density at radius 3 is 2.89 bits per heavy atom. The van der Waals surface area contributed by atoms with Crippen molar-refractivity contribution in [2.45, 2.75) is 32.7 Å². The molecule has 0 amide bonds. The van der Waals surface area contributed by atoms with Crippen LogP contribution in [0.4, 0.5) is 4.39 Å². The highest BCUT2D eigenvalue weighted by atomic mass is 19.1. The fraction of sp³-hybridized carbons (Fsp3) is 0.625. The molecule has 2 rings (SSSR count). The van der Waals surface area contributed by atoms with Gasteiger partial charge in [-0.25, -0.2) is 4.39 Å². The van der Waals surface area contributed by atoms with Gasteiger partial charge in [-0.05, 0) is 55.5 Å². The molecular weight excluding hydrogens is 239 g/mol. The van der Waals surface area contributed by atoms with Crippen LogP contribution in [0.15, 0.2) is 24.3 Å². The average molecular weight is 264 g/mol. The Morgan fingerprint density at radius 1 is 1.47 bits per heavy atom. The first-order valence-electron chi connectivity index (χ1n) is 7.35. The highest BCUT2D eigenvalue weighted by Gasteiger charge is 2.29. The fourth-order valence-corrected chi connectivity index (χ4v) is 3.19. The number of halogens is 1. The summed E-state index contributed by atoms with van der Waals surface area (Å²) < 4.78 is 13.4. The molecule has 0 aromatic heterocycles. The van der Waals surface area contributed by atoms with Crippen molar-refractivity contribution in [1.29, 1.82) is 0 Å². The lowest BCUT2D eigenvalue weighted by atomic mass is 9.85. The monoisotopic (exact) mass is 264 g/mol. The van der Waals surface area contributed by atoms with Crippen LogP contribution in [0.5, 0.6) is 0 Å². The molecule has 1 heterocycles. The Bertz CT molecular complexity index is 407. The Labute approximate surface area is 115 Å². The van der Waals surface area contributed by atoms with E-state index in [2.05, 4.69) is 18.7 Å². The molecule has 106 valence electrons. The second kappa shape index (κ2) is 6.49. The van der Waals surface area contributed by atoms with Crippen molar-refractivity contribution in [3.8, 4) is 0 Å². The first-order valence-corrected chi connectivity index (χ1v) is 7.35. The van der Waals surface area contributed by atoms with Crippen molar-refractivity contribution in [3.63, 3.8) is 0 Å². The lowest BCUT2D eigenvalue weighted by Crippen LogP contribution is -2.44. The Morgan fingerprint density at radius 2 is 2.26 bits per heavy atom. The number of nitrogens with two attached hydrogens (primary N) is 1. The average Bonchev–Trinajstić information content (AvgIpc) is 2.41. The molecule has 1 aromatic rings. The van der Waals surface area contributed by atoms with E-state index in [-0.39, 0.29) is 5.82 Å². The summed E-state index contributed by atoms with van der Waals surface area (Å²) in [6, 6.07) is 7.34. The van der Waals surface area contributed by atoms with Gasteiger partial charge in [0.1, 0.15) is 5.82 Å². The normalized spacial score (nSPS) is 26.3. The summed E-state index contributed by atoms with van der Waals surface area (Å²) >= 11 is 0. The third-order valence-corrected chi connectivity index (χ3v) is 4.51. The maximum absolute atomic E-state index is 13.4. The number of nitrogens with zero attached hydrogens (tertiary/aromatic N) is 1. The second-order valence-electron chi connectivity index (χ2n) is 5.74. The van der Waals surface area contributed by atoms with E-state index in [1.807, 2.05) is 6.07 Å². The minimum Gasteiger partial charge on any atom is -0.330 e. The van der Waals surface area contributed by atoms with Crippen molar-refractivity contribution in [2.75, 3.05) is 19.6 Å². The van der Waals surface area contributed by atoms with Crippen molar-refractivity contribution >= 4 is 0 Å². The zero-order valence-electron chi connectivity index (χ0n) is 12.0. The molecule has 2 N–H and O–H groups in total. The van der Waals surface area contributed by atoms with E-state index in [9.17, 15) is 4.39 Å². The summed E-state index contributed by atoms with van der Waals surface area (Å²) in [4.78, 5) is 2.48. The van der Waals surface area contributed by atoms with Gasteiger partial charge in [-0.1, -0.05) is 26.0 Å². The molecule has 0 bridgehead atoms. The molecule has 1 aliphatic rings. The molecule has 0 saturated carbocycles. The second-order valence-corrected chi connectivity index (χ2v) is 5.74. The quantitative estimate of drug-likeness (QED) is 0.905. The largest absolute Gasteiger partial charge is 0.330 e. The van der Waals surface area contributed by atoms with Gasteiger partial charge in [-0.3, -0.25) is 4.90 Å². The van der Waals surface area contributed by atoms with E-state index in [1.165, 1.54) is 12.5 Å². The van der Waals surface area contributed by atoms with E-state index >= 15 is 0 Å². The van der Waals surface area contributed by atoms with Gasteiger partial charge in [-0.15, -0.1) is 0 Å². The molecule has 1 fully saturated rings. The number of benzene rings is 1. The molecule has 1 aliphatic heterocycles. The van der Waals surface area contributed by atoms with Gasteiger partial charge < -0.3 is 5.73 Å². The number of likely N-dealkylation sites (tertiary alicyclic amines) is 1. The zero-order valence-corrected chi connectivity index (χ0v) is 12.0. The van der Waals surface area contributed by atoms with Crippen LogP contribution in [0.3, 0.4) is 0 Å². The Kier molecular flexibility index (Phi) is 4.94. The summed E-state index contributed by atoms with van der Waals surface area (Å²) in [5.41, 5.74) is 6.96. The number of piperidine rings is 1. The maximum Gasteiger partial charge on any atom is 0.123 e. The van der Waals surface area contributed by atoms with E-state index < -0.39 is 0 Å². The zero-order chi connectivity index (χ0) is 13.8. The van der Waals surface area contributed by atoms with Gasteiger partial charge in [0.2, 0.25) is 0 Å². The van der Waals surface area contributed by atoms with Gasteiger partial charge in [-0.2, -0.15) is 0 Å². The third kappa shape index (κ3) is 3.34. The topological polar surface area (TPSA) is 29.3 Å². The van der Waals surface area contributed by atoms with E-state index in [0.29, 0.717) is 17.9 Å². The van der Waals surface area contributed by atoms with Gasteiger partial charge >= 0.3 is 0 Å². The highest BCUT2D eigenvalue weighted by Crippen LogP contribution is 2.31. The van der Waals surface area contributed by atoms with Gasteiger partial charge in [0.05, 0.1) is 0 Å². The van der Waals surface area contributed by atoms with Crippen LogP contribution in [0.2, 0.25) is 0 Å². The van der Waals surface area contributed by atoms with Crippen molar-refractivity contribution in [1.82, 2.24) is 4.90 Å². The molecule has 3 heteroatoms. The predicted molar refractivity (Wildman–Crippen MR) is 77.3 cm³/mol. The molecule has 3 atom stereocenters. The molecule has 1 aromatic carbocycles. The maximum atomic E-state index is 13.4. The third-order valence-electron chi connectivity index (χ3n) is 4.51. The van der Waals surface area contributed by atoms with Crippen LogP contribution in [0, 0.1) is 17.7 Å². The van der Waals surface area contributed by atoms with Gasteiger partial charge in [0, 0.05) is 12.6 Å². The summed E-state index contributed by atoms with van der Waals surface area (Å²) in [6.07, 6.45) is 2.20. The molecule has 3 unspecified atom stereocenters. The number of hydrogen-bond acceptors (Lipinski definition) is 2. The van der Waals surface area contributed by atoms with E-state index in [1.54, 1.807) is 12.1 Å². The van der Waals surface area contributed by atoms with E-state index in [0.717, 1.165) is 31.6 Å². The molecule has 0 spiro atoms. The van der Waals surface area contributed by atoms with Crippen LogP contribution >= 0.6 is 0 Å². The van der Waals surface area contributed by atoms with E-state index in [4.69, 9.17) is 5.73 Å². The minimum absolute atomic E-state index is 0.142. The number of hydrogen-bond donors (Lipinski definition) is 1. The van der Waals surface area contributed by atoms with Crippen molar-refractivity contribution in [3.05, 3.63) is 35.6 Å². The first-order chi connectivity index (χ1) is 9.15. The molecule has 19 heavy (non-hydrogen) atoms. The SMILES string of the molecule is CCC(c1cccc(F)c1)N1CCC(C)C(CN)C1. The van der Waals surface area contributed by atoms with Crippen molar-refractivity contribution in [2.24, 2.45) is 17.6 Å². The lowest BCUT2D eigenvalue weighted by molar-refractivity contribution is 0.0884. The highest BCUT2D eigenvalue weighted by molar-refractivity contribution is 5.20. The van der Waals surface area contributed by atoms with Gasteiger partial charge in [0.25, 0.3) is 0 Å². The molecule has 1 saturated heterocycles. The van der Waals surface area contributed by atoms with Crippen LogP contribution in [-0.2, 0) is 0 Å². The lowest BCUT2D eigenvalue weighted by Gasteiger charge is -2.41. The summed E-state index contributed by atoms with van der Waals surface area (Å²) in [7, 11) is 0. The molecule has 2 nitrogen and oxygen atoms in total. The Hall–Kier alpha value is -0.930. The minimum atomic E-state index is -0.142. The number of rotatable bonds is 4. The van der Waals surface area contributed by atoms with Gasteiger partial charge in [0.15, 0.2) is 0 Å². The van der Waals surface area contributed by atoms with Crippen LogP contribution in [0.1, 0.15) is 38.3 Å². The summed E-state index contributed by atoms with van der Waals surface area (Å²) in [5.74, 6) is 1.12. The first kappa shape index (κ1) is 14.5. The van der Waals surface area contributed by atoms with Crippen LogP contribution < -0.4 is 5.73 Å². The smallest absolute Gasteiger partial charge is 0.123 e. The van der Waals surface area contributed by atoms with Crippen LogP contribution in [0.25, 0.3) is 0 Å². The fourth-order valence-electron chi connectivity index (χ4n) is 3.19. The molecular formula is C16H25FN2. The van der Waals surface area contributed by atoms with Crippen LogP contribution in [-0.4, -0.2) is 24.5 Å².